The summed E-state index contributed by atoms with van der Waals surface area (Å²) in [6.07, 6.45) is 7.54. The normalized spacial score (nSPS) is 25.1. The minimum absolute atomic E-state index is 0.0930. The molecule has 1 aromatic heterocycles. The lowest BCUT2D eigenvalue weighted by atomic mass is 9.91. The molecule has 0 bridgehead atoms. The van der Waals surface area contributed by atoms with Crippen molar-refractivity contribution in [3.05, 3.63) is 11.9 Å². The van der Waals surface area contributed by atoms with E-state index in [1.165, 1.54) is 19.3 Å². The highest BCUT2D eigenvalue weighted by atomic mass is 16.6. The van der Waals surface area contributed by atoms with Crippen LogP contribution in [0.3, 0.4) is 0 Å². The van der Waals surface area contributed by atoms with Crippen LogP contribution in [0.2, 0.25) is 0 Å². The number of likely N-dealkylation sites (tertiary alicyclic amines) is 1. The molecular weight excluding hydrogens is 348 g/mol. The van der Waals surface area contributed by atoms with Crippen LogP contribution in [0.4, 0.5) is 4.79 Å². The molecule has 1 spiro atoms. The molecule has 0 aliphatic carbocycles. The minimum Gasteiger partial charge on any atom is -0.441 e. The standard InChI is InChI=1S/C18H28N6O3/c1-22-13-18(27-17(22)26)6-10-23(11-7-18)16(25)15-12-24(21-20-15)9-5-14-4-2-3-8-19-14/h12,14,19H,2-11,13H2,1H3/t14-/m1/s1. The zero-order valence-electron chi connectivity index (χ0n) is 15.9. The number of amides is 2. The van der Waals surface area contributed by atoms with Gasteiger partial charge in [0.05, 0.1) is 12.7 Å². The fourth-order valence-corrected chi connectivity index (χ4v) is 4.30. The van der Waals surface area contributed by atoms with Gasteiger partial charge in [0.25, 0.3) is 5.91 Å². The van der Waals surface area contributed by atoms with Crippen molar-refractivity contribution < 1.29 is 14.3 Å². The van der Waals surface area contributed by atoms with Crippen LogP contribution in [0.5, 0.6) is 0 Å². The Bertz CT molecular complexity index is 691. The van der Waals surface area contributed by atoms with E-state index in [2.05, 4.69) is 15.6 Å². The molecule has 3 saturated heterocycles. The van der Waals surface area contributed by atoms with Crippen molar-refractivity contribution in [2.75, 3.05) is 33.2 Å². The van der Waals surface area contributed by atoms with Crippen molar-refractivity contribution in [3.8, 4) is 0 Å². The number of aromatic nitrogens is 3. The Morgan fingerprint density at radius 1 is 1.37 bits per heavy atom. The molecule has 148 valence electrons. The highest BCUT2D eigenvalue weighted by Crippen LogP contribution is 2.32. The largest absolute Gasteiger partial charge is 0.441 e. The maximum absolute atomic E-state index is 12.7. The number of ether oxygens (including phenoxy) is 1. The molecule has 9 heteroatoms. The molecule has 0 radical (unpaired) electrons. The molecule has 3 aliphatic rings. The molecule has 4 heterocycles. The second-order valence-electron chi connectivity index (χ2n) is 8.00. The number of aryl methyl sites for hydroxylation is 1. The number of hydrogen-bond donors (Lipinski definition) is 1. The van der Waals surface area contributed by atoms with Crippen LogP contribution in [-0.4, -0.2) is 81.7 Å². The molecule has 2 amide bonds. The summed E-state index contributed by atoms with van der Waals surface area (Å²) in [7, 11) is 1.75. The number of rotatable bonds is 4. The average Bonchev–Trinajstić information content (AvgIpc) is 3.26. The summed E-state index contributed by atoms with van der Waals surface area (Å²) >= 11 is 0. The van der Waals surface area contributed by atoms with Crippen molar-refractivity contribution in [2.24, 2.45) is 0 Å². The van der Waals surface area contributed by atoms with Gasteiger partial charge in [0.15, 0.2) is 5.69 Å². The van der Waals surface area contributed by atoms with E-state index in [1.807, 2.05) is 0 Å². The van der Waals surface area contributed by atoms with Crippen molar-refractivity contribution in [1.82, 2.24) is 30.1 Å². The summed E-state index contributed by atoms with van der Waals surface area (Å²) < 4.78 is 7.31. The summed E-state index contributed by atoms with van der Waals surface area (Å²) in [5.74, 6) is -0.0930. The lowest BCUT2D eigenvalue weighted by Crippen LogP contribution is -2.48. The van der Waals surface area contributed by atoms with Gasteiger partial charge in [-0.3, -0.25) is 9.48 Å². The lowest BCUT2D eigenvalue weighted by molar-refractivity contribution is 0.00300. The molecule has 0 unspecified atom stereocenters. The van der Waals surface area contributed by atoms with E-state index in [-0.39, 0.29) is 12.0 Å². The summed E-state index contributed by atoms with van der Waals surface area (Å²) in [6, 6.07) is 0.535. The summed E-state index contributed by atoms with van der Waals surface area (Å²) in [5, 5.41) is 11.7. The molecule has 4 rings (SSSR count). The SMILES string of the molecule is CN1CC2(CCN(C(=O)c3cn(CC[C@H]4CCCCN4)nn3)CC2)OC1=O. The molecule has 1 aromatic rings. The average molecular weight is 376 g/mol. The highest BCUT2D eigenvalue weighted by molar-refractivity contribution is 5.92. The van der Waals surface area contributed by atoms with Gasteiger partial charge >= 0.3 is 6.09 Å². The number of carbonyl (C=O) groups excluding carboxylic acids is 2. The number of nitrogens with one attached hydrogen (secondary N) is 1. The maximum Gasteiger partial charge on any atom is 0.410 e. The van der Waals surface area contributed by atoms with Crippen LogP contribution in [0.15, 0.2) is 6.20 Å². The first-order valence-corrected chi connectivity index (χ1v) is 9.92. The predicted octanol–water partition coefficient (Wildman–Crippen LogP) is 0.867. The van der Waals surface area contributed by atoms with Crippen LogP contribution in [-0.2, 0) is 11.3 Å². The third-order valence-electron chi connectivity index (χ3n) is 5.98. The van der Waals surface area contributed by atoms with Gasteiger partial charge in [0, 0.05) is 45.6 Å². The van der Waals surface area contributed by atoms with E-state index in [4.69, 9.17) is 4.74 Å². The first-order valence-electron chi connectivity index (χ1n) is 9.92. The Balaban J connectivity index is 1.29. The van der Waals surface area contributed by atoms with Gasteiger partial charge in [-0.1, -0.05) is 11.6 Å². The number of nitrogens with zero attached hydrogens (tertiary/aromatic N) is 5. The number of hydrogen-bond acceptors (Lipinski definition) is 6. The van der Waals surface area contributed by atoms with Crippen molar-refractivity contribution in [2.45, 2.75) is 56.7 Å². The van der Waals surface area contributed by atoms with Crippen LogP contribution in [0, 0.1) is 0 Å². The first-order chi connectivity index (χ1) is 13.0. The van der Waals surface area contributed by atoms with Gasteiger partial charge in [-0.2, -0.15) is 0 Å². The molecule has 1 atom stereocenters. The van der Waals surface area contributed by atoms with Crippen LogP contribution >= 0.6 is 0 Å². The quantitative estimate of drug-likeness (QED) is 0.838. The zero-order chi connectivity index (χ0) is 18.9. The van der Waals surface area contributed by atoms with Gasteiger partial charge in [0.2, 0.25) is 0 Å². The third-order valence-corrected chi connectivity index (χ3v) is 5.98. The Hall–Kier alpha value is -2.16. The van der Waals surface area contributed by atoms with Crippen LogP contribution in [0.25, 0.3) is 0 Å². The number of piperidine rings is 2. The van der Waals surface area contributed by atoms with E-state index < -0.39 is 5.60 Å². The highest BCUT2D eigenvalue weighted by Gasteiger charge is 2.46. The number of likely N-dealkylation sites (N-methyl/N-ethyl adjacent to an activating group) is 1. The van der Waals surface area contributed by atoms with E-state index in [9.17, 15) is 9.59 Å². The Labute approximate surface area is 159 Å². The Morgan fingerprint density at radius 2 is 2.19 bits per heavy atom. The van der Waals surface area contributed by atoms with Crippen molar-refractivity contribution in [1.29, 1.82) is 0 Å². The fraction of sp³-hybridized carbons (Fsp3) is 0.778. The van der Waals surface area contributed by atoms with Crippen LogP contribution in [0.1, 0.15) is 49.0 Å². The molecule has 3 aliphatic heterocycles. The zero-order valence-corrected chi connectivity index (χ0v) is 15.9. The van der Waals surface area contributed by atoms with Gasteiger partial charge in [-0.15, -0.1) is 5.10 Å². The summed E-state index contributed by atoms with van der Waals surface area (Å²) in [5.41, 5.74) is -0.0455. The minimum atomic E-state index is -0.437. The first kappa shape index (κ1) is 18.2. The third kappa shape index (κ3) is 3.92. The Kier molecular flexibility index (Phi) is 5.03. The van der Waals surface area contributed by atoms with Gasteiger partial charge < -0.3 is 19.9 Å². The molecule has 1 N–H and O–H groups in total. The topological polar surface area (TPSA) is 92.6 Å². The van der Waals surface area contributed by atoms with Crippen LogP contribution < -0.4 is 5.32 Å². The summed E-state index contributed by atoms with van der Waals surface area (Å²) in [6.45, 7) is 3.59. The summed E-state index contributed by atoms with van der Waals surface area (Å²) in [4.78, 5) is 27.8. The van der Waals surface area contributed by atoms with Gasteiger partial charge in [-0.05, 0) is 25.8 Å². The molecule has 27 heavy (non-hydrogen) atoms. The van der Waals surface area contributed by atoms with Gasteiger partial charge in [-0.25, -0.2) is 4.79 Å². The van der Waals surface area contributed by atoms with E-state index in [0.717, 1.165) is 19.5 Å². The smallest absolute Gasteiger partial charge is 0.410 e. The van der Waals surface area contributed by atoms with Crippen molar-refractivity contribution in [3.63, 3.8) is 0 Å². The lowest BCUT2D eigenvalue weighted by Gasteiger charge is -2.36. The number of carbonyl (C=O) groups is 2. The second kappa shape index (κ2) is 7.46. The fourth-order valence-electron chi connectivity index (χ4n) is 4.30. The Morgan fingerprint density at radius 3 is 2.85 bits per heavy atom. The van der Waals surface area contributed by atoms with E-state index in [1.54, 1.807) is 27.7 Å². The monoisotopic (exact) mass is 376 g/mol. The van der Waals surface area contributed by atoms with E-state index in [0.29, 0.717) is 44.2 Å². The van der Waals surface area contributed by atoms with E-state index >= 15 is 0 Å². The molecule has 3 fully saturated rings. The maximum atomic E-state index is 12.7. The second-order valence-corrected chi connectivity index (χ2v) is 8.00. The van der Waals surface area contributed by atoms with Crippen molar-refractivity contribution >= 4 is 12.0 Å². The molecule has 9 nitrogen and oxygen atoms in total. The predicted molar refractivity (Wildman–Crippen MR) is 97.3 cm³/mol. The van der Waals surface area contributed by atoms with Gasteiger partial charge in [0.1, 0.15) is 5.60 Å². The molecule has 0 aromatic carbocycles. The molecular formula is C18H28N6O3. The molecule has 0 saturated carbocycles.